The lowest BCUT2D eigenvalue weighted by Crippen LogP contribution is -3.17. The SMILES string of the molecule is CCCC[NH+]1CCCC[C@@H]1C(=O)Nc1c(C)ccc(S(=O)(=O)N2CCCCC2)c1C. The molecule has 1 aromatic rings. The summed E-state index contributed by atoms with van der Waals surface area (Å²) in [4.78, 5) is 14.9. The van der Waals surface area contributed by atoms with Crippen molar-refractivity contribution in [2.75, 3.05) is 31.5 Å². The number of piperidine rings is 2. The highest BCUT2D eigenvalue weighted by atomic mass is 32.2. The Morgan fingerprint density at radius 1 is 1.13 bits per heavy atom. The maximum Gasteiger partial charge on any atom is 0.282 e. The van der Waals surface area contributed by atoms with Crippen LogP contribution >= 0.6 is 0 Å². The van der Waals surface area contributed by atoms with Gasteiger partial charge in [0, 0.05) is 25.2 Å². The van der Waals surface area contributed by atoms with E-state index in [0.717, 1.165) is 63.6 Å². The molecule has 2 N–H and O–H groups in total. The number of benzene rings is 1. The maximum absolute atomic E-state index is 13.2. The quantitative estimate of drug-likeness (QED) is 0.690. The highest BCUT2D eigenvalue weighted by Gasteiger charge is 2.33. The monoisotopic (exact) mass is 436 g/mol. The van der Waals surface area contributed by atoms with Gasteiger partial charge in [0.25, 0.3) is 5.91 Å². The normalized spacial score (nSPS) is 23.3. The van der Waals surface area contributed by atoms with E-state index in [4.69, 9.17) is 0 Å². The second kappa shape index (κ2) is 10.2. The molecule has 2 aliphatic rings. The Bertz CT molecular complexity index is 847. The first-order valence-electron chi connectivity index (χ1n) is 11.6. The lowest BCUT2D eigenvalue weighted by molar-refractivity contribution is -0.921. The molecule has 0 spiro atoms. The van der Waals surface area contributed by atoms with Gasteiger partial charge in [-0.3, -0.25) is 4.79 Å². The highest BCUT2D eigenvalue weighted by molar-refractivity contribution is 7.89. The van der Waals surface area contributed by atoms with Crippen LogP contribution in [0.3, 0.4) is 0 Å². The predicted molar refractivity (Wildman–Crippen MR) is 120 cm³/mol. The van der Waals surface area contributed by atoms with Crippen LogP contribution in [0.15, 0.2) is 17.0 Å². The van der Waals surface area contributed by atoms with Crippen LogP contribution in [0.5, 0.6) is 0 Å². The summed E-state index contributed by atoms with van der Waals surface area (Å²) in [5.74, 6) is 0.0273. The standard InChI is InChI=1S/C23H37N3O3S/c1-4-5-14-25-15-10-7-11-20(25)23(27)24-22-18(2)12-13-21(19(22)3)30(28,29)26-16-8-6-9-17-26/h12-13,20H,4-11,14-17H2,1-3H3,(H,24,27)/p+1/t20-/m1/s1. The maximum atomic E-state index is 13.2. The summed E-state index contributed by atoms with van der Waals surface area (Å²) >= 11 is 0. The largest absolute Gasteiger partial charge is 0.325 e. The first kappa shape index (κ1) is 23.2. The van der Waals surface area contributed by atoms with Gasteiger partial charge in [0.1, 0.15) is 0 Å². The number of nitrogens with zero attached hydrogens (tertiary/aromatic N) is 1. The number of hydrogen-bond donors (Lipinski definition) is 2. The summed E-state index contributed by atoms with van der Waals surface area (Å²) in [6.45, 7) is 9.16. The second-order valence-corrected chi connectivity index (χ2v) is 10.8. The third-order valence-corrected chi connectivity index (χ3v) is 8.75. The smallest absolute Gasteiger partial charge is 0.282 e. The number of likely N-dealkylation sites (tertiary alicyclic amines) is 1. The Labute approximate surface area is 182 Å². The van der Waals surface area contributed by atoms with Gasteiger partial charge in [-0.2, -0.15) is 4.31 Å². The van der Waals surface area contributed by atoms with Gasteiger partial charge in [0.05, 0.1) is 18.0 Å². The predicted octanol–water partition coefficient (Wildman–Crippen LogP) is 2.65. The number of quaternary nitrogens is 1. The van der Waals surface area contributed by atoms with E-state index < -0.39 is 10.0 Å². The van der Waals surface area contributed by atoms with E-state index in [1.54, 1.807) is 10.4 Å². The lowest BCUT2D eigenvalue weighted by Gasteiger charge is -2.32. The molecule has 7 heteroatoms. The molecule has 6 nitrogen and oxygen atoms in total. The Morgan fingerprint density at radius 3 is 2.57 bits per heavy atom. The van der Waals surface area contributed by atoms with Crippen molar-refractivity contribution in [3.63, 3.8) is 0 Å². The number of rotatable bonds is 7. The minimum Gasteiger partial charge on any atom is -0.325 e. The number of amides is 1. The van der Waals surface area contributed by atoms with Crippen LogP contribution < -0.4 is 10.2 Å². The first-order valence-corrected chi connectivity index (χ1v) is 13.1. The fraction of sp³-hybridized carbons (Fsp3) is 0.696. The molecule has 0 saturated carbocycles. The molecule has 2 fully saturated rings. The van der Waals surface area contributed by atoms with Crippen molar-refractivity contribution in [1.82, 2.24) is 4.31 Å². The molecule has 0 aromatic heterocycles. The zero-order valence-corrected chi connectivity index (χ0v) is 19.6. The van der Waals surface area contributed by atoms with E-state index in [2.05, 4.69) is 12.2 Å². The minimum absolute atomic E-state index is 0.0273. The highest BCUT2D eigenvalue weighted by Crippen LogP contribution is 2.30. The van der Waals surface area contributed by atoms with Gasteiger partial charge >= 0.3 is 0 Å². The molecule has 1 unspecified atom stereocenters. The van der Waals surface area contributed by atoms with Crippen molar-refractivity contribution in [2.45, 2.75) is 83.1 Å². The molecule has 2 heterocycles. The van der Waals surface area contributed by atoms with Gasteiger partial charge in [0.15, 0.2) is 6.04 Å². The fourth-order valence-electron chi connectivity index (χ4n) is 4.85. The number of sulfonamides is 1. The average Bonchev–Trinajstić information content (AvgIpc) is 2.75. The van der Waals surface area contributed by atoms with E-state index in [0.29, 0.717) is 29.2 Å². The zero-order chi connectivity index (χ0) is 21.7. The molecule has 0 radical (unpaired) electrons. The number of carbonyl (C=O) groups excluding carboxylic acids is 1. The molecule has 30 heavy (non-hydrogen) atoms. The van der Waals surface area contributed by atoms with Crippen molar-refractivity contribution in [3.05, 3.63) is 23.3 Å². The third-order valence-electron chi connectivity index (χ3n) is 6.71. The molecule has 3 rings (SSSR count). The molecule has 168 valence electrons. The van der Waals surface area contributed by atoms with Crippen molar-refractivity contribution in [1.29, 1.82) is 0 Å². The van der Waals surface area contributed by atoms with Gasteiger partial charge < -0.3 is 10.2 Å². The van der Waals surface area contributed by atoms with Crippen LogP contribution in [0.1, 0.15) is 69.4 Å². The second-order valence-electron chi connectivity index (χ2n) is 8.89. The van der Waals surface area contributed by atoms with Crippen molar-refractivity contribution in [2.24, 2.45) is 0 Å². The van der Waals surface area contributed by atoms with Crippen molar-refractivity contribution >= 4 is 21.6 Å². The summed E-state index contributed by atoms with van der Waals surface area (Å²) in [6, 6.07) is 3.47. The molecule has 1 aromatic carbocycles. The van der Waals surface area contributed by atoms with Gasteiger partial charge in [-0.1, -0.05) is 25.8 Å². The van der Waals surface area contributed by atoms with E-state index in [-0.39, 0.29) is 11.9 Å². The van der Waals surface area contributed by atoms with Crippen LogP contribution in [0.25, 0.3) is 0 Å². The van der Waals surface area contributed by atoms with Gasteiger partial charge in [-0.05, 0) is 63.1 Å². The summed E-state index contributed by atoms with van der Waals surface area (Å²) in [6.07, 6.45) is 8.30. The van der Waals surface area contributed by atoms with Crippen molar-refractivity contribution < 1.29 is 18.1 Å². The number of nitrogens with one attached hydrogen (secondary N) is 2. The number of unbranched alkanes of at least 4 members (excludes halogenated alkanes) is 1. The summed E-state index contributed by atoms with van der Waals surface area (Å²) in [5, 5.41) is 3.13. The van der Waals surface area contributed by atoms with Crippen LogP contribution in [-0.4, -0.2) is 50.9 Å². The topological polar surface area (TPSA) is 70.9 Å². The third kappa shape index (κ3) is 5.06. The number of aryl methyl sites for hydroxylation is 1. The van der Waals surface area contributed by atoms with Crippen LogP contribution in [0.2, 0.25) is 0 Å². The van der Waals surface area contributed by atoms with E-state index in [1.807, 2.05) is 19.9 Å². The Hall–Kier alpha value is -1.44. The molecule has 0 aliphatic carbocycles. The van der Waals surface area contributed by atoms with Crippen LogP contribution in [-0.2, 0) is 14.8 Å². The zero-order valence-electron chi connectivity index (χ0n) is 18.8. The molecule has 2 aliphatic heterocycles. The average molecular weight is 437 g/mol. The Balaban J connectivity index is 1.83. The van der Waals surface area contributed by atoms with Gasteiger partial charge in [-0.25, -0.2) is 8.42 Å². The number of anilines is 1. The Kier molecular flexibility index (Phi) is 7.93. The summed E-state index contributed by atoms with van der Waals surface area (Å²) in [7, 11) is -3.54. The van der Waals surface area contributed by atoms with Crippen LogP contribution in [0.4, 0.5) is 5.69 Å². The molecule has 0 bridgehead atoms. The number of carbonyl (C=O) groups is 1. The Morgan fingerprint density at radius 2 is 1.87 bits per heavy atom. The first-order chi connectivity index (χ1) is 14.4. The van der Waals surface area contributed by atoms with Crippen LogP contribution in [0, 0.1) is 13.8 Å². The van der Waals surface area contributed by atoms with Gasteiger partial charge in [0.2, 0.25) is 10.0 Å². The fourth-order valence-corrected chi connectivity index (χ4v) is 6.60. The van der Waals surface area contributed by atoms with E-state index >= 15 is 0 Å². The summed E-state index contributed by atoms with van der Waals surface area (Å²) < 4.78 is 28.1. The molecular formula is C23H38N3O3S+. The number of hydrogen-bond acceptors (Lipinski definition) is 3. The molecule has 1 amide bonds. The molecule has 2 atom stereocenters. The van der Waals surface area contributed by atoms with Crippen molar-refractivity contribution in [3.8, 4) is 0 Å². The van der Waals surface area contributed by atoms with Gasteiger partial charge in [-0.15, -0.1) is 0 Å². The van der Waals surface area contributed by atoms with E-state index in [9.17, 15) is 13.2 Å². The molecule has 2 saturated heterocycles. The van der Waals surface area contributed by atoms with E-state index in [1.165, 1.54) is 11.3 Å². The summed E-state index contributed by atoms with van der Waals surface area (Å²) in [5.41, 5.74) is 2.22. The minimum atomic E-state index is -3.54. The molecular weight excluding hydrogens is 398 g/mol. The lowest BCUT2D eigenvalue weighted by atomic mass is 10.00.